The van der Waals surface area contributed by atoms with Gasteiger partial charge in [-0.3, -0.25) is 4.79 Å². The van der Waals surface area contributed by atoms with Crippen molar-refractivity contribution >= 4 is 12.1 Å². The fraction of sp³-hybridized carbons (Fsp3) is 0.818. The van der Waals surface area contributed by atoms with Gasteiger partial charge < -0.3 is 25.6 Å². The van der Waals surface area contributed by atoms with Crippen molar-refractivity contribution in [2.45, 2.75) is 38.8 Å². The first-order valence-corrected chi connectivity index (χ1v) is 5.75. The first-order chi connectivity index (χ1) is 8.22. The third kappa shape index (κ3) is 9.86. The van der Waals surface area contributed by atoms with E-state index < -0.39 is 23.7 Å². The molecule has 18 heavy (non-hydrogen) atoms. The Bertz CT molecular complexity index is 275. The van der Waals surface area contributed by atoms with Crippen LogP contribution in [0.1, 0.15) is 27.2 Å². The summed E-state index contributed by atoms with van der Waals surface area (Å²) >= 11 is 0. The van der Waals surface area contributed by atoms with Gasteiger partial charge >= 0.3 is 12.1 Å². The molecule has 0 heterocycles. The first kappa shape index (κ1) is 16.7. The number of rotatable bonds is 7. The molecular formula is C11H22N2O5. The fourth-order valence-electron chi connectivity index (χ4n) is 0.960. The summed E-state index contributed by atoms with van der Waals surface area (Å²) < 4.78 is 10.1. The maximum absolute atomic E-state index is 11.2. The van der Waals surface area contributed by atoms with Crippen molar-refractivity contribution in [2.24, 2.45) is 5.73 Å². The largest absolute Gasteiger partial charge is 0.480 e. The van der Waals surface area contributed by atoms with E-state index in [1.54, 1.807) is 20.8 Å². The van der Waals surface area contributed by atoms with Crippen LogP contribution in [0.5, 0.6) is 0 Å². The molecule has 0 aliphatic carbocycles. The number of carbonyl (C=O) groups excluding carboxylic acids is 1. The molecule has 0 fully saturated rings. The van der Waals surface area contributed by atoms with E-state index in [1.165, 1.54) is 0 Å². The van der Waals surface area contributed by atoms with Crippen molar-refractivity contribution in [3.63, 3.8) is 0 Å². The molecule has 0 aromatic rings. The molecular weight excluding hydrogens is 240 g/mol. The topological polar surface area (TPSA) is 111 Å². The number of aliphatic carboxylic acids is 1. The van der Waals surface area contributed by atoms with Crippen LogP contribution in [0.2, 0.25) is 0 Å². The van der Waals surface area contributed by atoms with E-state index in [2.05, 4.69) is 5.32 Å². The minimum atomic E-state index is -1.10. The highest BCUT2D eigenvalue weighted by molar-refractivity contribution is 5.73. The number of alkyl carbamates (subject to hydrolysis) is 1. The monoisotopic (exact) mass is 262 g/mol. The summed E-state index contributed by atoms with van der Waals surface area (Å²) in [6, 6.07) is -1.01. The first-order valence-electron chi connectivity index (χ1n) is 5.75. The van der Waals surface area contributed by atoms with Crippen LogP contribution in [-0.2, 0) is 14.3 Å². The van der Waals surface area contributed by atoms with E-state index >= 15 is 0 Å². The number of carbonyl (C=O) groups is 2. The molecule has 0 bridgehead atoms. The quantitative estimate of drug-likeness (QED) is 0.570. The van der Waals surface area contributed by atoms with Gasteiger partial charge in [0.2, 0.25) is 0 Å². The third-order valence-corrected chi connectivity index (χ3v) is 1.75. The number of carboxylic acids is 1. The van der Waals surface area contributed by atoms with E-state index in [-0.39, 0.29) is 6.61 Å². The minimum Gasteiger partial charge on any atom is -0.480 e. The van der Waals surface area contributed by atoms with Gasteiger partial charge in [-0.05, 0) is 27.2 Å². The molecule has 0 aromatic heterocycles. The molecule has 0 radical (unpaired) electrons. The van der Waals surface area contributed by atoms with Gasteiger partial charge in [-0.15, -0.1) is 0 Å². The number of nitrogens with two attached hydrogens (primary N) is 1. The number of nitrogens with one attached hydrogen (secondary N) is 1. The maximum atomic E-state index is 11.2. The third-order valence-electron chi connectivity index (χ3n) is 1.75. The van der Waals surface area contributed by atoms with Crippen LogP contribution in [0.3, 0.4) is 0 Å². The average molecular weight is 262 g/mol. The van der Waals surface area contributed by atoms with E-state index in [0.717, 1.165) is 0 Å². The van der Waals surface area contributed by atoms with Crippen LogP contribution in [0, 0.1) is 0 Å². The molecule has 1 atom stereocenters. The molecule has 0 saturated carbocycles. The molecule has 0 aliphatic heterocycles. The Hall–Kier alpha value is -1.34. The molecule has 1 amide bonds. The second-order valence-electron chi connectivity index (χ2n) is 4.80. The molecule has 0 unspecified atom stereocenters. The Morgan fingerprint density at radius 1 is 1.39 bits per heavy atom. The predicted octanol–water partition coefficient (Wildman–Crippen LogP) is 0.330. The lowest BCUT2D eigenvalue weighted by Crippen LogP contribution is -2.35. The molecule has 106 valence electrons. The van der Waals surface area contributed by atoms with Gasteiger partial charge in [-0.25, -0.2) is 4.79 Å². The van der Waals surface area contributed by atoms with Gasteiger partial charge in [-0.1, -0.05) is 0 Å². The van der Waals surface area contributed by atoms with E-state index in [9.17, 15) is 9.59 Å². The maximum Gasteiger partial charge on any atom is 0.407 e. The van der Waals surface area contributed by atoms with Gasteiger partial charge in [0.1, 0.15) is 11.6 Å². The summed E-state index contributed by atoms with van der Waals surface area (Å²) in [4.78, 5) is 21.6. The number of hydrogen-bond acceptors (Lipinski definition) is 5. The highest BCUT2D eigenvalue weighted by Gasteiger charge is 2.15. The van der Waals surface area contributed by atoms with E-state index in [4.69, 9.17) is 20.3 Å². The number of amides is 1. The standard InChI is InChI=1S/C11H22N2O5/c1-11(2,3)18-10(16)13-5-4-6-17-7-8(12)9(14)15/h8H,4-7,12H2,1-3H3,(H,13,16)(H,14,15)/t8-/m0/s1. The lowest BCUT2D eigenvalue weighted by Gasteiger charge is -2.19. The molecule has 0 aliphatic rings. The molecule has 7 nitrogen and oxygen atoms in total. The van der Waals surface area contributed by atoms with Crippen LogP contribution in [-0.4, -0.2) is 48.6 Å². The Balaban J connectivity index is 3.46. The number of hydrogen-bond donors (Lipinski definition) is 3. The number of ether oxygens (including phenoxy) is 2. The van der Waals surface area contributed by atoms with E-state index in [0.29, 0.717) is 19.6 Å². The molecule has 4 N–H and O–H groups in total. The van der Waals surface area contributed by atoms with Crippen LogP contribution in [0.4, 0.5) is 4.79 Å². The average Bonchev–Trinajstić information content (AvgIpc) is 2.19. The molecule has 7 heteroatoms. The van der Waals surface area contributed by atoms with Gasteiger partial charge in [0.25, 0.3) is 0 Å². The second kappa shape index (κ2) is 7.88. The van der Waals surface area contributed by atoms with E-state index in [1.807, 2.05) is 0 Å². The highest BCUT2D eigenvalue weighted by atomic mass is 16.6. The minimum absolute atomic E-state index is 0.0399. The van der Waals surface area contributed by atoms with Crippen molar-refractivity contribution in [3.8, 4) is 0 Å². The Labute approximate surface area is 107 Å². The number of carboxylic acid groups (broad SMARTS) is 1. The second-order valence-corrected chi connectivity index (χ2v) is 4.80. The van der Waals surface area contributed by atoms with Crippen molar-refractivity contribution in [2.75, 3.05) is 19.8 Å². The van der Waals surface area contributed by atoms with Gasteiger partial charge in [0.05, 0.1) is 6.61 Å². The van der Waals surface area contributed by atoms with Gasteiger partial charge in [0.15, 0.2) is 0 Å². The Kier molecular flexibility index (Phi) is 7.30. The Morgan fingerprint density at radius 2 is 2.00 bits per heavy atom. The normalized spacial score (nSPS) is 12.9. The fourth-order valence-corrected chi connectivity index (χ4v) is 0.960. The van der Waals surface area contributed by atoms with Crippen LogP contribution in [0.25, 0.3) is 0 Å². The molecule has 0 aromatic carbocycles. The summed E-state index contributed by atoms with van der Waals surface area (Å²) in [6.45, 7) is 6.03. The molecule has 0 spiro atoms. The van der Waals surface area contributed by atoms with Crippen molar-refractivity contribution in [1.82, 2.24) is 5.32 Å². The van der Waals surface area contributed by atoms with Crippen molar-refractivity contribution in [3.05, 3.63) is 0 Å². The predicted molar refractivity (Wildman–Crippen MR) is 65.3 cm³/mol. The zero-order valence-corrected chi connectivity index (χ0v) is 11.1. The summed E-state index contributed by atoms with van der Waals surface area (Å²) in [7, 11) is 0. The summed E-state index contributed by atoms with van der Waals surface area (Å²) in [5, 5.41) is 11.0. The van der Waals surface area contributed by atoms with Crippen LogP contribution >= 0.6 is 0 Å². The SMILES string of the molecule is CC(C)(C)OC(=O)NCCCOC[C@H](N)C(=O)O. The van der Waals surface area contributed by atoms with Gasteiger partial charge in [-0.2, -0.15) is 0 Å². The smallest absolute Gasteiger partial charge is 0.407 e. The van der Waals surface area contributed by atoms with Crippen molar-refractivity contribution < 1.29 is 24.2 Å². The van der Waals surface area contributed by atoms with Gasteiger partial charge in [0, 0.05) is 13.2 Å². The lowest BCUT2D eigenvalue weighted by atomic mass is 10.2. The summed E-state index contributed by atoms with van der Waals surface area (Å²) in [5.74, 6) is -1.10. The van der Waals surface area contributed by atoms with Crippen LogP contribution < -0.4 is 11.1 Å². The Morgan fingerprint density at radius 3 is 2.50 bits per heavy atom. The zero-order valence-electron chi connectivity index (χ0n) is 11.1. The van der Waals surface area contributed by atoms with Crippen LogP contribution in [0.15, 0.2) is 0 Å². The lowest BCUT2D eigenvalue weighted by molar-refractivity contribution is -0.140. The van der Waals surface area contributed by atoms with Crippen molar-refractivity contribution in [1.29, 1.82) is 0 Å². The zero-order chi connectivity index (χ0) is 14.2. The molecule has 0 saturated heterocycles. The summed E-state index contributed by atoms with van der Waals surface area (Å²) in [6.07, 6.45) is 0.0794. The highest BCUT2D eigenvalue weighted by Crippen LogP contribution is 2.06. The molecule has 0 rings (SSSR count). The summed E-state index contributed by atoms with van der Waals surface area (Å²) in [5.41, 5.74) is 4.72.